The summed E-state index contributed by atoms with van der Waals surface area (Å²) in [5.74, 6) is 0. The first kappa shape index (κ1) is 8.16. The van der Waals surface area contributed by atoms with Crippen LogP contribution in [0.25, 0.3) is 0 Å². The molecule has 0 aliphatic heterocycles. The first-order valence-corrected chi connectivity index (χ1v) is 3.80. The molecule has 1 aromatic rings. The Morgan fingerprint density at radius 3 is 2.64 bits per heavy atom. The van der Waals surface area contributed by atoms with Gasteiger partial charge in [0.05, 0.1) is 10.5 Å². The molecule has 1 rings (SSSR count). The molecule has 0 spiro atoms. The molecule has 0 fully saturated rings. The summed E-state index contributed by atoms with van der Waals surface area (Å²) in [4.78, 5) is 20.0. The number of hydrogen-bond acceptors (Lipinski definition) is 4. The zero-order chi connectivity index (χ0) is 8.43. The van der Waals surface area contributed by atoms with Gasteiger partial charge in [-0.2, -0.15) is 0 Å². The lowest BCUT2D eigenvalue weighted by Crippen LogP contribution is -1.84. The van der Waals surface area contributed by atoms with Crippen molar-refractivity contribution in [2.75, 3.05) is 0 Å². The number of halogens is 1. The van der Waals surface area contributed by atoms with Crippen LogP contribution in [0.1, 0.15) is 10.4 Å². The fourth-order valence-electron chi connectivity index (χ4n) is 0.524. The van der Waals surface area contributed by atoms with Crippen molar-refractivity contribution in [3.8, 4) is 0 Å². The number of nitro groups is 1. The Labute approximate surface area is 70.6 Å². The maximum absolute atomic E-state index is 10.4. The van der Waals surface area contributed by atoms with E-state index in [0.29, 0.717) is 0 Å². The third-order valence-electron chi connectivity index (χ3n) is 0.993. The van der Waals surface area contributed by atoms with Gasteiger partial charge in [-0.3, -0.25) is 14.9 Å². The zero-order valence-corrected chi connectivity index (χ0v) is 6.69. The second-order valence-electron chi connectivity index (χ2n) is 1.70. The van der Waals surface area contributed by atoms with Crippen LogP contribution in [0.5, 0.6) is 0 Å². The van der Waals surface area contributed by atoms with Crippen LogP contribution < -0.4 is 0 Å². The van der Waals surface area contributed by atoms with Crippen LogP contribution in [0.15, 0.2) is 11.4 Å². The van der Waals surface area contributed by atoms with E-state index in [2.05, 4.69) is 0 Å². The highest BCUT2D eigenvalue weighted by Gasteiger charge is 2.12. The Bertz CT molecular complexity index is 280. The van der Waals surface area contributed by atoms with Crippen LogP contribution in [-0.4, -0.2) is 10.2 Å². The number of thiophene rings is 1. The van der Waals surface area contributed by atoms with Gasteiger partial charge in [0.25, 0.3) is 5.24 Å². The molecule has 6 heteroatoms. The van der Waals surface area contributed by atoms with Gasteiger partial charge in [0.1, 0.15) is 0 Å². The van der Waals surface area contributed by atoms with Crippen molar-refractivity contribution in [2.45, 2.75) is 0 Å². The Morgan fingerprint density at radius 1 is 1.73 bits per heavy atom. The maximum Gasteiger partial charge on any atom is 0.324 e. The molecule has 0 amide bonds. The molecule has 1 heterocycles. The normalized spacial score (nSPS) is 9.55. The Morgan fingerprint density at radius 2 is 2.36 bits per heavy atom. The minimum Gasteiger partial charge on any atom is -0.276 e. The van der Waals surface area contributed by atoms with Crippen LogP contribution in [0.4, 0.5) is 5.00 Å². The third kappa shape index (κ3) is 1.75. The van der Waals surface area contributed by atoms with E-state index in [1.165, 1.54) is 5.38 Å². The minimum absolute atomic E-state index is 0.0750. The van der Waals surface area contributed by atoms with Gasteiger partial charge < -0.3 is 0 Å². The highest BCUT2D eigenvalue weighted by molar-refractivity contribution is 7.13. The number of rotatable bonds is 2. The maximum atomic E-state index is 10.4. The van der Waals surface area contributed by atoms with Gasteiger partial charge in [-0.25, -0.2) is 0 Å². The topological polar surface area (TPSA) is 60.2 Å². The number of nitrogens with zero attached hydrogens (tertiary/aromatic N) is 1. The quantitative estimate of drug-likeness (QED) is 0.408. The summed E-state index contributed by atoms with van der Waals surface area (Å²) in [6.45, 7) is 0. The Balaban J connectivity index is 2.99. The lowest BCUT2D eigenvalue weighted by atomic mass is 10.4. The summed E-state index contributed by atoms with van der Waals surface area (Å²) < 4.78 is 0. The molecule has 0 aliphatic carbocycles. The summed E-state index contributed by atoms with van der Waals surface area (Å²) in [5.41, 5.74) is 0.170. The number of carbonyl (C=O) groups is 1. The Hall–Kier alpha value is -0.940. The molecule has 1 aromatic heterocycles. The van der Waals surface area contributed by atoms with E-state index < -0.39 is 10.2 Å². The van der Waals surface area contributed by atoms with Gasteiger partial charge in [0.2, 0.25) is 0 Å². The van der Waals surface area contributed by atoms with E-state index in [4.69, 9.17) is 11.6 Å². The standard InChI is InChI=1S/C5H2ClNO3S/c6-5(8)3-1-4(7(9)10)11-2-3/h1-2H. The molecule has 0 atom stereocenters. The molecule has 0 aromatic carbocycles. The first-order chi connectivity index (χ1) is 5.11. The van der Waals surface area contributed by atoms with Crippen molar-refractivity contribution in [2.24, 2.45) is 0 Å². The van der Waals surface area contributed by atoms with Crippen LogP contribution in [0, 0.1) is 10.1 Å². The molecular formula is C5H2ClNO3S. The largest absolute Gasteiger partial charge is 0.324 e. The number of hydrogen-bond donors (Lipinski definition) is 0. The summed E-state index contributed by atoms with van der Waals surface area (Å²) in [5, 5.41) is 10.7. The minimum atomic E-state index is -0.672. The van der Waals surface area contributed by atoms with Crippen molar-refractivity contribution in [3.63, 3.8) is 0 Å². The van der Waals surface area contributed by atoms with Crippen molar-refractivity contribution in [1.82, 2.24) is 0 Å². The second-order valence-corrected chi connectivity index (χ2v) is 2.94. The SMILES string of the molecule is O=C(Cl)c1csc([N+](=O)[O-])c1. The van der Waals surface area contributed by atoms with E-state index in [0.717, 1.165) is 17.4 Å². The second kappa shape index (κ2) is 2.98. The van der Waals surface area contributed by atoms with Gasteiger partial charge in [0, 0.05) is 11.4 Å². The molecule has 0 saturated heterocycles. The molecule has 0 radical (unpaired) electrons. The van der Waals surface area contributed by atoms with Crippen LogP contribution >= 0.6 is 22.9 Å². The summed E-state index contributed by atoms with van der Waals surface area (Å²) in [6, 6.07) is 1.15. The smallest absolute Gasteiger partial charge is 0.276 e. The van der Waals surface area contributed by atoms with Crippen molar-refractivity contribution >= 4 is 33.2 Å². The monoisotopic (exact) mass is 191 g/mol. The molecule has 0 unspecified atom stereocenters. The molecule has 0 bridgehead atoms. The lowest BCUT2D eigenvalue weighted by molar-refractivity contribution is -0.380. The molecule has 0 aliphatic rings. The first-order valence-electron chi connectivity index (χ1n) is 2.54. The number of carbonyl (C=O) groups excluding carboxylic acids is 1. The van der Waals surface area contributed by atoms with Crippen molar-refractivity contribution in [3.05, 3.63) is 27.1 Å². The van der Waals surface area contributed by atoms with Gasteiger partial charge in [-0.1, -0.05) is 11.3 Å². The van der Waals surface area contributed by atoms with E-state index >= 15 is 0 Å². The van der Waals surface area contributed by atoms with E-state index in [9.17, 15) is 14.9 Å². The third-order valence-corrected chi connectivity index (χ3v) is 2.09. The van der Waals surface area contributed by atoms with Crippen LogP contribution in [-0.2, 0) is 0 Å². The highest BCUT2D eigenvalue weighted by atomic mass is 35.5. The predicted octanol–water partition coefficient (Wildman–Crippen LogP) is 2.04. The average Bonchev–Trinajstić information content (AvgIpc) is 2.33. The van der Waals surface area contributed by atoms with E-state index in [1.807, 2.05) is 0 Å². The van der Waals surface area contributed by atoms with Gasteiger partial charge in [-0.15, -0.1) is 0 Å². The summed E-state index contributed by atoms with van der Waals surface area (Å²) in [6.07, 6.45) is 0. The molecular weight excluding hydrogens is 190 g/mol. The van der Waals surface area contributed by atoms with Crippen molar-refractivity contribution < 1.29 is 9.72 Å². The molecule has 58 valence electrons. The van der Waals surface area contributed by atoms with E-state index in [1.54, 1.807) is 0 Å². The molecule has 0 N–H and O–H groups in total. The zero-order valence-electron chi connectivity index (χ0n) is 5.11. The van der Waals surface area contributed by atoms with Gasteiger partial charge >= 0.3 is 5.00 Å². The van der Waals surface area contributed by atoms with Crippen molar-refractivity contribution in [1.29, 1.82) is 0 Å². The predicted molar refractivity (Wildman–Crippen MR) is 41.2 cm³/mol. The molecule has 4 nitrogen and oxygen atoms in total. The van der Waals surface area contributed by atoms with Crippen LogP contribution in [0.3, 0.4) is 0 Å². The van der Waals surface area contributed by atoms with E-state index in [-0.39, 0.29) is 10.6 Å². The molecule has 11 heavy (non-hydrogen) atoms. The molecule has 0 saturated carbocycles. The Kier molecular flexibility index (Phi) is 2.21. The fraction of sp³-hybridized carbons (Fsp3) is 0. The summed E-state index contributed by atoms with van der Waals surface area (Å²) in [7, 11) is 0. The lowest BCUT2D eigenvalue weighted by Gasteiger charge is -1.79. The highest BCUT2D eigenvalue weighted by Crippen LogP contribution is 2.23. The van der Waals surface area contributed by atoms with Gasteiger partial charge in [0.15, 0.2) is 0 Å². The average molecular weight is 192 g/mol. The fourth-order valence-corrected chi connectivity index (χ4v) is 1.40. The van der Waals surface area contributed by atoms with Gasteiger partial charge in [-0.05, 0) is 11.6 Å². The summed E-state index contributed by atoms with van der Waals surface area (Å²) >= 11 is 5.95. The van der Waals surface area contributed by atoms with Crippen LogP contribution in [0.2, 0.25) is 0 Å².